The van der Waals surface area contributed by atoms with Crippen LogP contribution < -0.4 is 5.32 Å². The second-order valence-electron chi connectivity index (χ2n) is 4.96. The molecule has 0 aliphatic carbocycles. The maximum Gasteiger partial charge on any atom is 0.273 e. The minimum absolute atomic E-state index is 0.363. The molecule has 1 rings (SSSR count). The average molecular weight is 270 g/mol. The summed E-state index contributed by atoms with van der Waals surface area (Å²) in [4.78, 5) is 15.5. The molecule has 0 bridgehead atoms. The van der Waals surface area contributed by atoms with Gasteiger partial charge in [-0.2, -0.15) is 0 Å². The Labute approximate surface area is 112 Å². The van der Waals surface area contributed by atoms with Crippen LogP contribution in [-0.2, 0) is 0 Å². The van der Waals surface area contributed by atoms with Crippen molar-refractivity contribution in [1.29, 1.82) is 0 Å². The highest BCUT2D eigenvalue weighted by Gasteiger charge is 2.26. The number of unbranched alkanes of at least 4 members (excludes halogenated alkanes) is 1. The zero-order valence-corrected chi connectivity index (χ0v) is 11.6. The number of rotatable bonds is 6. The number of carbonyl (C=O) groups is 1. The van der Waals surface area contributed by atoms with E-state index in [1.165, 1.54) is 0 Å². The van der Waals surface area contributed by atoms with Crippen LogP contribution in [-0.4, -0.2) is 16.4 Å². The van der Waals surface area contributed by atoms with E-state index in [0.29, 0.717) is 6.07 Å². The van der Waals surface area contributed by atoms with E-state index in [4.69, 9.17) is 0 Å². The van der Waals surface area contributed by atoms with E-state index in [1.807, 2.05) is 13.8 Å². The SMILES string of the molecule is CCCC[C@](C)(CC)NC(=O)c1ncc(F)cc1F. The van der Waals surface area contributed by atoms with E-state index in [0.717, 1.165) is 31.9 Å². The van der Waals surface area contributed by atoms with Gasteiger partial charge in [0.2, 0.25) is 0 Å². The Kier molecular flexibility index (Phi) is 5.39. The molecule has 0 aliphatic heterocycles. The molecule has 0 aliphatic rings. The Bertz CT molecular complexity index is 451. The highest BCUT2D eigenvalue weighted by molar-refractivity contribution is 5.92. The summed E-state index contributed by atoms with van der Waals surface area (Å²) >= 11 is 0. The van der Waals surface area contributed by atoms with Crippen molar-refractivity contribution in [3.63, 3.8) is 0 Å². The summed E-state index contributed by atoms with van der Waals surface area (Å²) in [6.45, 7) is 5.95. The van der Waals surface area contributed by atoms with E-state index in [1.54, 1.807) is 0 Å². The molecule has 0 unspecified atom stereocenters. The van der Waals surface area contributed by atoms with Crippen molar-refractivity contribution < 1.29 is 13.6 Å². The highest BCUT2D eigenvalue weighted by atomic mass is 19.1. The molecule has 1 aromatic rings. The van der Waals surface area contributed by atoms with Crippen LogP contribution >= 0.6 is 0 Å². The van der Waals surface area contributed by atoms with Crippen molar-refractivity contribution in [2.45, 2.75) is 52.0 Å². The number of carbonyl (C=O) groups excluding carboxylic acids is 1. The van der Waals surface area contributed by atoms with E-state index in [2.05, 4.69) is 17.2 Å². The van der Waals surface area contributed by atoms with Crippen LogP contribution in [0.3, 0.4) is 0 Å². The van der Waals surface area contributed by atoms with Gasteiger partial charge in [0.1, 0.15) is 5.82 Å². The standard InChI is InChI=1S/C14H20F2N2O/c1-4-6-7-14(3,5-2)18-13(19)12-11(16)8-10(15)9-17-12/h8-9H,4-7H2,1-3H3,(H,18,19)/t14-/m0/s1. The molecule has 1 N–H and O–H groups in total. The van der Waals surface area contributed by atoms with Gasteiger partial charge in [0.05, 0.1) is 6.20 Å². The topological polar surface area (TPSA) is 42.0 Å². The fourth-order valence-corrected chi connectivity index (χ4v) is 1.81. The Balaban J connectivity index is 2.82. The highest BCUT2D eigenvalue weighted by Crippen LogP contribution is 2.19. The Morgan fingerprint density at radius 3 is 2.63 bits per heavy atom. The van der Waals surface area contributed by atoms with E-state index in [9.17, 15) is 13.6 Å². The number of amides is 1. The van der Waals surface area contributed by atoms with Crippen molar-refractivity contribution >= 4 is 5.91 Å². The summed E-state index contributed by atoms with van der Waals surface area (Å²) < 4.78 is 26.2. The minimum Gasteiger partial charge on any atom is -0.345 e. The van der Waals surface area contributed by atoms with Gasteiger partial charge >= 0.3 is 0 Å². The fourth-order valence-electron chi connectivity index (χ4n) is 1.81. The molecule has 0 spiro atoms. The van der Waals surface area contributed by atoms with Gasteiger partial charge in [-0.3, -0.25) is 4.79 Å². The van der Waals surface area contributed by atoms with Crippen molar-refractivity contribution in [1.82, 2.24) is 10.3 Å². The summed E-state index contributed by atoms with van der Waals surface area (Å²) in [7, 11) is 0. The number of aromatic nitrogens is 1. The first kappa shape index (κ1) is 15.5. The number of halogens is 2. The van der Waals surface area contributed by atoms with Crippen molar-refractivity contribution in [3.05, 3.63) is 29.6 Å². The molecule has 0 radical (unpaired) electrons. The average Bonchev–Trinajstić information content (AvgIpc) is 2.36. The minimum atomic E-state index is -0.938. The molecule has 0 saturated carbocycles. The molecule has 0 saturated heterocycles. The van der Waals surface area contributed by atoms with Gasteiger partial charge in [-0.15, -0.1) is 0 Å². The third-order valence-corrected chi connectivity index (χ3v) is 3.30. The molecule has 1 atom stereocenters. The lowest BCUT2D eigenvalue weighted by Crippen LogP contribution is -2.46. The molecular formula is C14H20F2N2O. The largest absolute Gasteiger partial charge is 0.345 e. The third kappa shape index (κ3) is 4.26. The summed E-state index contributed by atoms with van der Waals surface area (Å²) in [6.07, 6.45) is 4.39. The van der Waals surface area contributed by atoms with Crippen molar-refractivity contribution in [2.75, 3.05) is 0 Å². The van der Waals surface area contributed by atoms with Gasteiger partial charge in [0, 0.05) is 11.6 Å². The lowest BCUT2D eigenvalue weighted by Gasteiger charge is -2.29. The molecule has 19 heavy (non-hydrogen) atoms. The lowest BCUT2D eigenvalue weighted by atomic mass is 9.92. The summed E-state index contributed by atoms with van der Waals surface area (Å²) in [5.41, 5.74) is -0.757. The smallest absolute Gasteiger partial charge is 0.273 e. The molecule has 0 aromatic carbocycles. The first-order valence-corrected chi connectivity index (χ1v) is 6.55. The summed E-state index contributed by atoms with van der Waals surface area (Å²) in [6, 6.07) is 0.664. The first-order chi connectivity index (χ1) is 8.91. The quantitative estimate of drug-likeness (QED) is 0.860. The molecule has 3 nitrogen and oxygen atoms in total. The Hall–Kier alpha value is -1.52. The predicted octanol–water partition coefficient (Wildman–Crippen LogP) is 3.45. The zero-order chi connectivity index (χ0) is 14.5. The molecule has 5 heteroatoms. The summed E-state index contributed by atoms with van der Waals surface area (Å²) in [5.74, 6) is -2.33. The van der Waals surface area contributed by atoms with Crippen molar-refractivity contribution in [3.8, 4) is 0 Å². The number of nitrogens with zero attached hydrogens (tertiary/aromatic N) is 1. The van der Waals surface area contributed by atoms with Crippen LogP contribution in [0.2, 0.25) is 0 Å². The van der Waals surface area contributed by atoms with Gasteiger partial charge in [-0.25, -0.2) is 13.8 Å². The van der Waals surface area contributed by atoms with Crippen LogP contribution in [0.1, 0.15) is 56.9 Å². The number of hydrogen-bond acceptors (Lipinski definition) is 2. The predicted molar refractivity (Wildman–Crippen MR) is 69.8 cm³/mol. The van der Waals surface area contributed by atoms with E-state index < -0.39 is 23.1 Å². The maximum atomic E-state index is 13.5. The van der Waals surface area contributed by atoms with E-state index in [-0.39, 0.29) is 5.69 Å². The van der Waals surface area contributed by atoms with E-state index >= 15 is 0 Å². The van der Waals surface area contributed by atoms with Crippen LogP contribution in [0, 0.1) is 11.6 Å². The second-order valence-corrected chi connectivity index (χ2v) is 4.96. The molecule has 106 valence electrons. The molecule has 0 fully saturated rings. The Morgan fingerprint density at radius 1 is 1.42 bits per heavy atom. The lowest BCUT2D eigenvalue weighted by molar-refractivity contribution is 0.0887. The zero-order valence-electron chi connectivity index (χ0n) is 11.6. The number of hydrogen-bond donors (Lipinski definition) is 1. The van der Waals surface area contributed by atoms with Crippen molar-refractivity contribution in [2.24, 2.45) is 0 Å². The number of pyridine rings is 1. The fraction of sp³-hybridized carbons (Fsp3) is 0.571. The first-order valence-electron chi connectivity index (χ1n) is 6.55. The van der Waals surface area contributed by atoms with Crippen LogP contribution in [0.25, 0.3) is 0 Å². The van der Waals surface area contributed by atoms with Crippen LogP contribution in [0.5, 0.6) is 0 Å². The van der Waals surface area contributed by atoms with Gasteiger partial charge in [-0.05, 0) is 19.8 Å². The van der Waals surface area contributed by atoms with Gasteiger partial charge in [0.25, 0.3) is 5.91 Å². The van der Waals surface area contributed by atoms with Crippen LogP contribution in [0.4, 0.5) is 8.78 Å². The molecular weight excluding hydrogens is 250 g/mol. The monoisotopic (exact) mass is 270 g/mol. The van der Waals surface area contributed by atoms with Gasteiger partial charge in [0.15, 0.2) is 11.5 Å². The normalized spacial score (nSPS) is 13.9. The van der Waals surface area contributed by atoms with Crippen LogP contribution in [0.15, 0.2) is 12.3 Å². The molecule has 1 heterocycles. The second kappa shape index (κ2) is 6.59. The van der Waals surface area contributed by atoms with Gasteiger partial charge in [-0.1, -0.05) is 26.7 Å². The van der Waals surface area contributed by atoms with Gasteiger partial charge < -0.3 is 5.32 Å². The summed E-state index contributed by atoms with van der Waals surface area (Å²) in [5, 5.41) is 2.79. The third-order valence-electron chi connectivity index (χ3n) is 3.30. The maximum absolute atomic E-state index is 13.5. The molecule has 1 amide bonds. The molecule has 1 aromatic heterocycles. The number of nitrogens with one attached hydrogen (secondary N) is 1. The Morgan fingerprint density at radius 2 is 2.11 bits per heavy atom.